The Hall–Kier alpha value is -1.02. The van der Waals surface area contributed by atoms with Gasteiger partial charge in [-0.2, -0.15) is 0 Å². The molecule has 1 aliphatic carbocycles. The van der Waals surface area contributed by atoms with Crippen molar-refractivity contribution in [1.82, 2.24) is 0 Å². The van der Waals surface area contributed by atoms with Gasteiger partial charge in [0.25, 0.3) is 0 Å². The monoisotopic (exact) mass is 246 g/mol. The van der Waals surface area contributed by atoms with Crippen LogP contribution in [0.3, 0.4) is 0 Å². The summed E-state index contributed by atoms with van der Waals surface area (Å²) < 4.78 is 0. The van der Waals surface area contributed by atoms with Gasteiger partial charge in [0.1, 0.15) is 0 Å². The molecule has 2 rings (SSSR count). The van der Waals surface area contributed by atoms with Crippen molar-refractivity contribution in [2.75, 3.05) is 25.5 Å². The largest absolute Gasteiger partial charge is 0.377 e. The van der Waals surface area contributed by atoms with E-state index in [9.17, 15) is 0 Å². The molecule has 100 valence electrons. The molecular weight excluding hydrogens is 220 g/mol. The molecule has 0 amide bonds. The van der Waals surface area contributed by atoms with Gasteiger partial charge in [-0.15, -0.1) is 0 Å². The summed E-state index contributed by atoms with van der Waals surface area (Å²) in [6.07, 6.45) is 5.14. The van der Waals surface area contributed by atoms with Crippen LogP contribution in [0.4, 0.5) is 5.69 Å². The third kappa shape index (κ3) is 2.14. The van der Waals surface area contributed by atoms with Gasteiger partial charge in [-0.05, 0) is 49.4 Å². The highest BCUT2D eigenvalue weighted by Crippen LogP contribution is 2.42. The highest BCUT2D eigenvalue weighted by Gasteiger charge is 2.34. The molecule has 0 spiro atoms. The van der Waals surface area contributed by atoms with Crippen LogP contribution in [0.25, 0.3) is 0 Å². The maximum atomic E-state index is 6.10. The molecule has 2 nitrogen and oxygen atoms in total. The van der Waals surface area contributed by atoms with Gasteiger partial charge in [0.2, 0.25) is 0 Å². The minimum Gasteiger partial charge on any atom is -0.377 e. The second-order valence-corrected chi connectivity index (χ2v) is 6.02. The van der Waals surface area contributed by atoms with E-state index in [1.165, 1.54) is 48.1 Å². The van der Waals surface area contributed by atoms with E-state index < -0.39 is 0 Å². The summed E-state index contributed by atoms with van der Waals surface area (Å²) in [7, 11) is 4.24. The van der Waals surface area contributed by atoms with E-state index in [1.807, 2.05) is 0 Å². The lowest BCUT2D eigenvalue weighted by Gasteiger charge is -2.30. The van der Waals surface area contributed by atoms with Crippen LogP contribution in [-0.2, 0) is 5.41 Å². The average Bonchev–Trinajstić information content (AvgIpc) is 2.82. The van der Waals surface area contributed by atoms with E-state index in [0.717, 1.165) is 6.54 Å². The molecule has 0 radical (unpaired) electrons. The van der Waals surface area contributed by atoms with Crippen LogP contribution in [0.15, 0.2) is 12.1 Å². The van der Waals surface area contributed by atoms with Crippen LogP contribution in [0.1, 0.15) is 42.4 Å². The summed E-state index contributed by atoms with van der Waals surface area (Å²) in [5, 5.41) is 0. The molecule has 1 aliphatic rings. The van der Waals surface area contributed by atoms with E-state index in [2.05, 4.69) is 45.0 Å². The quantitative estimate of drug-likeness (QED) is 0.888. The summed E-state index contributed by atoms with van der Waals surface area (Å²) >= 11 is 0. The zero-order chi connectivity index (χ0) is 13.3. The molecule has 1 aromatic carbocycles. The SMILES string of the molecule is Cc1cc(C2(CN)CCCC2)cc(N(C)C)c1C. The molecule has 0 bridgehead atoms. The number of hydrogen-bond donors (Lipinski definition) is 1. The fourth-order valence-electron chi connectivity index (χ4n) is 3.27. The van der Waals surface area contributed by atoms with Gasteiger partial charge < -0.3 is 10.6 Å². The van der Waals surface area contributed by atoms with Crippen LogP contribution < -0.4 is 10.6 Å². The van der Waals surface area contributed by atoms with Gasteiger partial charge >= 0.3 is 0 Å². The van der Waals surface area contributed by atoms with Crippen molar-refractivity contribution in [2.24, 2.45) is 5.73 Å². The normalized spacial score (nSPS) is 18.1. The molecule has 1 fully saturated rings. The van der Waals surface area contributed by atoms with Crippen molar-refractivity contribution in [1.29, 1.82) is 0 Å². The Morgan fingerprint density at radius 3 is 2.28 bits per heavy atom. The summed E-state index contributed by atoms with van der Waals surface area (Å²) in [5.41, 5.74) is 11.9. The van der Waals surface area contributed by atoms with Crippen LogP contribution in [0.5, 0.6) is 0 Å². The van der Waals surface area contributed by atoms with Crippen molar-refractivity contribution in [3.8, 4) is 0 Å². The van der Waals surface area contributed by atoms with Gasteiger partial charge in [0.05, 0.1) is 0 Å². The van der Waals surface area contributed by atoms with Crippen molar-refractivity contribution in [3.05, 3.63) is 28.8 Å². The molecule has 0 atom stereocenters. The number of aryl methyl sites for hydroxylation is 1. The molecule has 1 saturated carbocycles. The third-order valence-electron chi connectivity index (χ3n) is 4.69. The van der Waals surface area contributed by atoms with E-state index in [0.29, 0.717) is 0 Å². The van der Waals surface area contributed by atoms with Gasteiger partial charge in [-0.3, -0.25) is 0 Å². The topological polar surface area (TPSA) is 29.3 Å². The number of nitrogens with two attached hydrogens (primary N) is 1. The molecule has 0 saturated heterocycles. The second kappa shape index (κ2) is 4.93. The maximum Gasteiger partial charge on any atom is 0.0396 e. The van der Waals surface area contributed by atoms with E-state index in [-0.39, 0.29) is 5.41 Å². The van der Waals surface area contributed by atoms with Crippen molar-refractivity contribution >= 4 is 5.69 Å². The molecular formula is C16H26N2. The number of benzene rings is 1. The van der Waals surface area contributed by atoms with Crippen molar-refractivity contribution in [2.45, 2.75) is 44.9 Å². The molecule has 0 heterocycles. The molecule has 2 heteroatoms. The van der Waals surface area contributed by atoms with E-state index in [1.54, 1.807) is 0 Å². The second-order valence-electron chi connectivity index (χ2n) is 6.02. The molecule has 0 aliphatic heterocycles. The lowest BCUT2D eigenvalue weighted by Crippen LogP contribution is -2.32. The molecule has 0 aromatic heterocycles. The Labute approximate surface area is 111 Å². The summed E-state index contributed by atoms with van der Waals surface area (Å²) in [6.45, 7) is 5.20. The molecule has 1 aromatic rings. The fraction of sp³-hybridized carbons (Fsp3) is 0.625. The Kier molecular flexibility index (Phi) is 3.67. The first-order valence-electron chi connectivity index (χ1n) is 6.99. The number of rotatable bonds is 3. The predicted molar refractivity (Wildman–Crippen MR) is 79.4 cm³/mol. The summed E-state index contributed by atoms with van der Waals surface area (Å²) in [6, 6.07) is 4.72. The van der Waals surface area contributed by atoms with Crippen LogP contribution in [0.2, 0.25) is 0 Å². The van der Waals surface area contributed by atoms with E-state index >= 15 is 0 Å². The first kappa shape index (κ1) is 13.4. The standard InChI is InChI=1S/C16H26N2/c1-12-9-14(10-15(13(12)2)18(3)4)16(11-17)7-5-6-8-16/h9-10H,5-8,11,17H2,1-4H3. The van der Waals surface area contributed by atoms with Gasteiger partial charge in [0, 0.05) is 31.7 Å². The Balaban J connectivity index is 2.51. The minimum atomic E-state index is 0.239. The van der Waals surface area contributed by atoms with Crippen LogP contribution in [-0.4, -0.2) is 20.6 Å². The average molecular weight is 246 g/mol. The van der Waals surface area contributed by atoms with Gasteiger partial charge in [0.15, 0.2) is 0 Å². The van der Waals surface area contributed by atoms with Crippen LogP contribution >= 0.6 is 0 Å². The van der Waals surface area contributed by atoms with Crippen molar-refractivity contribution in [3.63, 3.8) is 0 Å². The zero-order valence-electron chi connectivity index (χ0n) is 12.2. The number of hydrogen-bond acceptors (Lipinski definition) is 2. The lowest BCUT2D eigenvalue weighted by molar-refractivity contribution is 0.453. The highest BCUT2D eigenvalue weighted by molar-refractivity contribution is 5.58. The first-order chi connectivity index (χ1) is 8.50. The third-order valence-corrected chi connectivity index (χ3v) is 4.69. The maximum absolute atomic E-state index is 6.10. The lowest BCUT2D eigenvalue weighted by atomic mass is 9.77. The number of nitrogens with zero attached hydrogens (tertiary/aromatic N) is 1. The molecule has 0 unspecified atom stereocenters. The first-order valence-corrected chi connectivity index (χ1v) is 6.99. The minimum absolute atomic E-state index is 0.239. The Morgan fingerprint density at radius 1 is 1.17 bits per heavy atom. The van der Waals surface area contributed by atoms with Gasteiger partial charge in [-0.1, -0.05) is 18.9 Å². The number of anilines is 1. The molecule has 18 heavy (non-hydrogen) atoms. The van der Waals surface area contributed by atoms with Crippen molar-refractivity contribution < 1.29 is 0 Å². The smallest absolute Gasteiger partial charge is 0.0396 e. The Bertz CT molecular complexity index is 429. The predicted octanol–water partition coefficient (Wildman–Crippen LogP) is 3.14. The van der Waals surface area contributed by atoms with Gasteiger partial charge in [-0.25, -0.2) is 0 Å². The summed E-state index contributed by atoms with van der Waals surface area (Å²) in [5.74, 6) is 0. The highest BCUT2D eigenvalue weighted by atomic mass is 15.1. The van der Waals surface area contributed by atoms with E-state index in [4.69, 9.17) is 5.73 Å². The zero-order valence-corrected chi connectivity index (χ0v) is 12.2. The fourth-order valence-corrected chi connectivity index (χ4v) is 3.27. The molecule has 2 N–H and O–H groups in total. The summed E-state index contributed by atoms with van der Waals surface area (Å²) in [4.78, 5) is 2.21. The Morgan fingerprint density at radius 2 is 1.78 bits per heavy atom. The van der Waals surface area contributed by atoms with Crippen LogP contribution in [0, 0.1) is 13.8 Å².